The fourth-order valence-electron chi connectivity index (χ4n) is 2.77. The third-order valence-corrected chi connectivity index (χ3v) is 4.85. The maximum atomic E-state index is 13.0. The van der Waals surface area contributed by atoms with Gasteiger partial charge in [-0.1, -0.05) is 22.0 Å². The van der Waals surface area contributed by atoms with Crippen LogP contribution < -0.4 is 9.75 Å². The van der Waals surface area contributed by atoms with Gasteiger partial charge in [-0.05, 0) is 55.8 Å². The summed E-state index contributed by atoms with van der Waals surface area (Å²) in [6.07, 6.45) is -2.98. The van der Waals surface area contributed by atoms with Crippen LogP contribution >= 0.6 is 15.9 Å². The van der Waals surface area contributed by atoms with Crippen molar-refractivity contribution >= 4 is 39.3 Å². The van der Waals surface area contributed by atoms with Crippen LogP contribution in [0.25, 0.3) is 6.08 Å². The molecule has 0 atom stereocenters. The predicted molar refractivity (Wildman–Crippen MR) is 107 cm³/mol. The number of hydrazone groups is 1. The average Bonchev–Trinajstić information content (AvgIpc) is 2.93. The van der Waals surface area contributed by atoms with Crippen molar-refractivity contribution < 1.29 is 27.8 Å². The van der Waals surface area contributed by atoms with Crippen molar-refractivity contribution in [3.8, 4) is 11.5 Å². The summed E-state index contributed by atoms with van der Waals surface area (Å²) < 4.78 is 44.8. The normalized spacial score (nSPS) is 15.8. The molecule has 9 heteroatoms. The lowest BCUT2D eigenvalue weighted by Crippen LogP contribution is -2.21. The van der Waals surface area contributed by atoms with E-state index in [1.165, 1.54) is 18.2 Å². The molecule has 5 nitrogen and oxygen atoms in total. The summed E-state index contributed by atoms with van der Waals surface area (Å²) in [5.74, 6) is -0.369. The average molecular weight is 469 g/mol. The molecule has 0 radical (unpaired) electrons. The van der Waals surface area contributed by atoms with E-state index < -0.39 is 17.6 Å². The SMILES string of the molecule is CCOc1cc(/C=C2\C(=O)N(c3cccc(C(F)(F)F)c3)N=C2C)c(Br)cc1O. The Bertz CT molecular complexity index is 1030. The lowest BCUT2D eigenvalue weighted by molar-refractivity contribution is -0.137. The number of nitrogens with zero attached hydrogens (tertiary/aromatic N) is 2. The van der Waals surface area contributed by atoms with Crippen molar-refractivity contribution in [1.82, 2.24) is 0 Å². The van der Waals surface area contributed by atoms with Crippen LogP contribution in [-0.2, 0) is 11.0 Å². The molecule has 1 aliphatic rings. The zero-order valence-electron chi connectivity index (χ0n) is 15.4. The number of hydrogen-bond acceptors (Lipinski definition) is 4. The Labute approximate surface area is 173 Å². The fourth-order valence-corrected chi connectivity index (χ4v) is 3.21. The van der Waals surface area contributed by atoms with E-state index in [0.29, 0.717) is 22.4 Å². The second-order valence-electron chi connectivity index (χ2n) is 6.18. The van der Waals surface area contributed by atoms with Gasteiger partial charge < -0.3 is 9.84 Å². The van der Waals surface area contributed by atoms with E-state index in [0.717, 1.165) is 17.1 Å². The zero-order chi connectivity index (χ0) is 21.3. The highest BCUT2D eigenvalue weighted by atomic mass is 79.9. The molecule has 0 unspecified atom stereocenters. The van der Waals surface area contributed by atoms with Crippen molar-refractivity contribution in [3.05, 3.63) is 57.6 Å². The van der Waals surface area contributed by atoms with Crippen molar-refractivity contribution in [2.75, 3.05) is 11.6 Å². The number of amides is 1. The Morgan fingerprint density at radius 3 is 2.66 bits per heavy atom. The molecule has 2 aromatic rings. The van der Waals surface area contributed by atoms with E-state index in [9.17, 15) is 23.1 Å². The van der Waals surface area contributed by atoms with Gasteiger partial charge in [0, 0.05) is 4.47 Å². The maximum Gasteiger partial charge on any atom is 0.416 e. The van der Waals surface area contributed by atoms with Crippen LogP contribution in [0.15, 0.2) is 51.5 Å². The molecule has 0 bridgehead atoms. The predicted octanol–water partition coefficient (Wildman–Crippen LogP) is 5.38. The summed E-state index contributed by atoms with van der Waals surface area (Å²) in [7, 11) is 0. The Kier molecular flexibility index (Phi) is 5.70. The van der Waals surface area contributed by atoms with Crippen molar-refractivity contribution in [1.29, 1.82) is 0 Å². The van der Waals surface area contributed by atoms with Gasteiger partial charge in [0.05, 0.1) is 29.1 Å². The first-order chi connectivity index (χ1) is 13.6. The summed E-state index contributed by atoms with van der Waals surface area (Å²) >= 11 is 3.32. The van der Waals surface area contributed by atoms with Gasteiger partial charge >= 0.3 is 6.18 Å². The topological polar surface area (TPSA) is 62.1 Å². The summed E-state index contributed by atoms with van der Waals surface area (Å²) in [5.41, 5.74) is 0.278. The number of halogens is 4. The third kappa shape index (κ3) is 4.29. The number of carbonyl (C=O) groups excluding carboxylic acids is 1. The van der Waals surface area contributed by atoms with Gasteiger partial charge in [0.25, 0.3) is 5.91 Å². The minimum absolute atomic E-state index is 0.0207. The van der Waals surface area contributed by atoms with Crippen molar-refractivity contribution in [2.24, 2.45) is 5.10 Å². The van der Waals surface area contributed by atoms with Crippen LogP contribution in [0.5, 0.6) is 11.5 Å². The minimum Gasteiger partial charge on any atom is -0.504 e. The highest BCUT2D eigenvalue weighted by Crippen LogP contribution is 2.36. The van der Waals surface area contributed by atoms with Gasteiger partial charge in [0.1, 0.15) is 0 Å². The first kappa shape index (κ1) is 20.9. The van der Waals surface area contributed by atoms with Gasteiger partial charge in [-0.25, -0.2) is 0 Å². The standard InChI is InChI=1S/C20H16BrF3N2O3/c1-3-29-18-8-12(16(21)10-17(18)27)7-15-11(2)25-26(19(15)28)14-6-4-5-13(9-14)20(22,23)24/h4-10,27H,3H2,1-2H3/b15-7-. The van der Waals surface area contributed by atoms with E-state index in [2.05, 4.69) is 21.0 Å². The van der Waals surface area contributed by atoms with Crippen molar-refractivity contribution in [3.63, 3.8) is 0 Å². The van der Waals surface area contributed by atoms with Crippen LogP contribution in [0.1, 0.15) is 25.0 Å². The quantitative estimate of drug-likeness (QED) is 0.612. The molecular weight excluding hydrogens is 453 g/mol. The second kappa shape index (κ2) is 7.90. The number of aromatic hydroxyl groups is 1. The monoisotopic (exact) mass is 468 g/mol. The number of phenols is 1. The summed E-state index contributed by atoms with van der Waals surface area (Å²) in [6, 6.07) is 7.41. The third-order valence-electron chi connectivity index (χ3n) is 4.16. The summed E-state index contributed by atoms with van der Waals surface area (Å²) in [4.78, 5) is 12.8. The number of phenolic OH excluding ortho intramolecular Hbond substituents is 1. The minimum atomic E-state index is -4.53. The number of benzene rings is 2. The Morgan fingerprint density at radius 2 is 2.00 bits per heavy atom. The molecule has 1 heterocycles. The molecule has 1 N–H and O–H groups in total. The maximum absolute atomic E-state index is 13.0. The molecule has 29 heavy (non-hydrogen) atoms. The molecule has 1 amide bonds. The van der Waals surface area contributed by atoms with Crippen LogP contribution in [0.3, 0.4) is 0 Å². The molecule has 3 rings (SSSR count). The van der Waals surface area contributed by atoms with Gasteiger partial charge in [-0.15, -0.1) is 0 Å². The number of carbonyl (C=O) groups is 1. The number of anilines is 1. The van der Waals surface area contributed by atoms with Crippen LogP contribution in [0.2, 0.25) is 0 Å². The molecule has 0 aliphatic carbocycles. The van der Waals surface area contributed by atoms with E-state index in [-0.39, 0.29) is 22.8 Å². The lowest BCUT2D eigenvalue weighted by Gasteiger charge is -2.14. The Morgan fingerprint density at radius 1 is 1.28 bits per heavy atom. The smallest absolute Gasteiger partial charge is 0.416 e. The number of rotatable bonds is 4. The molecule has 2 aromatic carbocycles. The first-order valence-corrected chi connectivity index (χ1v) is 9.35. The Balaban J connectivity index is 1.98. The first-order valence-electron chi connectivity index (χ1n) is 8.56. The molecule has 0 saturated carbocycles. The van der Waals surface area contributed by atoms with Gasteiger partial charge in [-0.3, -0.25) is 4.79 Å². The molecule has 0 saturated heterocycles. The number of ether oxygens (including phenoxy) is 1. The molecular formula is C20H16BrF3N2O3. The van der Waals surface area contributed by atoms with Gasteiger partial charge in [0.2, 0.25) is 0 Å². The lowest BCUT2D eigenvalue weighted by atomic mass is 10.1. The molecule has 0 spiro atoms. The van der Waals surface area contributed by atoms with E-state index >= 15 is 0 Å². The van der Waals surface area contributed by atoms with Crippen LogP contribution in [-0.4, -0.2) is 23.3 Å². The Hall–Kier alpha value is -2.81. The highest BCUT2D eigenvalue weighted by Gasteiger charge is 2.33. The highest BCUT2D eigenvalue weighted by molar-refractivity contribution is 9.10. The van der Waals surface area contributed by atoms with Crippen LogP contribution in [0.4, 0.5) is 18.9 Å². The number of hydrogen-bond donors (Lipinski definition) is 1. The van der Waals surface area contributed by atoms with Crippen molar-refractivity contribution in [2.45, 2.75) is 20.0 Å². The second-order valence-corrected chi connectivity index (χ2v) is 7.04. The van der Waals surface area contributed by atoms with Gasteiger partial charge in [0.15, 0.2) is 11.5 Å². The van der Waals surface area contributed by atoms with Gasteiger partial charge in [-0.2, -0.15) is 23.3 Å². The molecule has 152 valence electrons. The van der Waals surface area contributed by atoms with E-state index in [1.54, 1.807) is 26.0 Å². The zero-order valence-corrected chi connectivity index (χ0v) is 17.0. The summed E-state index contributed by atoms with van der Waals surface area (Å²) in [5, 5.41) is 15.0. The molecule has 0 aromatic heterocycles. The molecule has 0 fully saturated rings. The number of alkyl halides is 3. The molecule has 1 aliphatic heterocycles. The van der Waals surface area contributed by atoms with E-state index in [1.807, 2.05) is 0 Å². The summed E-state index contributed by atoms with van der Waals surface area (Å²) in [6.45, 7) is 3.70. The fraction of sp³-hybridized carbons (Fsp3) is 0.200. The largest absolute Gasteiger partial charge is 0.504 e. The van der Waals surface area contributed by atoms with Crippen LogP contribution in [0, 0.1) is 0 Å². The van der Waals surface area contributed by atoms with E-state index in [4.69, 9.17) is 4.74 Å².